The molecule has 3 heterocycles. The van der Waals surface area contributed by atoms with Gasteiger partial charge in [-0.25, -0.2) is 0 Å². The number of hydrogen-bond acceptors (Lipinski definition) is 8. The fourth-order valence-corrected chi connectivity index (χ4v) is 5.57. The van der Waals surface area contributed by atoms with Crippen molar-refractivity contribution in [3.63, 3.8) is 0 Å². The number of nitrogens with zero attached hydrogens (tertiary/aromatic N) is 2. The normalized spacial score (nSPS) is 31.0. The molecule has 0 aromatic carbocycles. The van der Waals surface area contributed by atoms with Gasteiger partial charge in [0.2, 0.25) is 35.4 Å². The number of rotatable bonds is 6. The van der Waals surface area contributed by atoms with E-state index in [1.54, 1.807) is 0 Å². The SMILES string of the molecule is C[C@H]1NC(=O)[C@H](CCCN)NC(=O)[C@@H]2CCCN2C(=O)[C@@H](C)NC(=O)[C@H](CCCN)NC(=O)[C@@H]2CCCN2C1=O. The first-order valence-electron chi connectivity index (χ1n) is 14.3. The van der Waals surface area contributed by atoms with Gasteiger partial charge in [0.1, 0.15) is 36.3 Å². The smallest absolute Gasteiger partial charge is 0.245 e. The van der Waals surface area contributed by atoms with Crippen molar-refractivity contribution >= 4 is 35.4 Å². The molecule has 0 aliphatic carbocycles. The predicted octanol–water partition coefficient (Wildman–Crippen LogP) is -2.56. The molecule has 0 aromatic heterocycles. The zero-order valence-electron chi connectivity index (χ0n) is 23.4. The lowest BCUT2D eigenvalue weighted by Crippen LogP contribution is -2.60. The van der Waals surface area contributed by atoms with Gasteiger partial charge in [0.25, 0.3) is 0 Å². The molecular formula is C26H44N8O6. The van der Waals surface area contributed by atoms with Crippen molar-refractivity contribution in [2.75, 3.05) is 26.2 Å². The van der Waals surface area contributed by atoms with Crippen LogP contribution in [0.4, 0.5) is 0 Å². The van der Waals surface area contributed by atoms with Crippen molar-refractivity contribution < 1.29 is 28.8 Å². The first kappa shape index (κ1) is 31.3. The predicted molar refractivity (Wildman–Crippen MR) is 145 cm³/mol. The first-order chi connectivity index (χ1) is 19.1. The molecule has 3 aliphatic heterocycles. The second-order valence-corrected chi connectivity index (χ2v) is 10.8. The Hall–Kier alpha value is -3.26. The Balaban J connectivity index is 1.92. The summed E-state index contributed by atoms with van der Waals surface area (Å²) in [4.78, 5) is 82.5. The standard InChI is InChI=1S/C26H44N8O6/c1-15-25(39)33-13-5-9-19(33)23(37)32-18(8-4-12-28)22(36)30-16(2)26(40)34-14-6-10-20(34)24(38)31-17(7-3-11-27)21(35)29-15/h15-20H,3-14,27-28H2,1-2H3,(H,29,35)(H,30,36)(H,31,38)(H,32,37)/t15-,16-,17+,18+,19+,20+/m1/s1. The summed E-state index contributed by atoms with van der Waals surface area (Å²) in [6.07, 6.45) is 3.40. The van der Waals surface area contributed by atoms with E-state index in [0.717, 1.165) is 0 Å². The van der Waals surface area contributed by atoms with Crippen LogP contribution in [0.5, 0.6) is 0 Å². The Morgan fingerprint density at radius 2 is 1.00 bits per heavy atom. The van der Waals surface area contributed by atoms with Gasteiger partial charge in [-0.15, -0.1) is 0 Å². The van der Waals surface area contributed by atoms with Crippen molar-refractivity contribution in [2.24, 2.45) is 11.5 Å². The third kappa shape index (κ3) is 7.47. The second kappa shape index (κ2) is 14.4. The summed E-state index contributed by atoms with van der Waals surface area (Å²) in [6.45, 7) is 4.32. The molecule has 3 rings (SSSR count). The molecule has 3 saturated heterocycles. The van der Waals surface area contributed by atoms with Crippen LogP contribution in [0.15, 0.2) is 0 Å². The van der Waals surface area contributed by atoms with Gasteiger partial charge in [-0.05, 0) is 78.3 Å². The van der Waals surface area contributed by atoms with E-state index in [1.165, 1.54) is 23.6 Å². The molecule has 0 unspecified atom stereocenters. The average molecular weight is 565 g/mol. The first-order valence-corrected chi connectivity index (χ1v) is 14.3. The molecule has 0 saturated carbocycles. The second-order valence-electron chi connectivity index (χ2n) is 10.8. The summed E-state index contributed by atoms with van der Waals surface area (Å²) in [5.41, 5.74) is 11.3. The lowest BCUT2D eigenvalue weighted by Gasteiger charge is -2.31. The van der Waals surface area contributed by atoms with E-state index in [9.17, 15) is 28.8 Å². The van der Waals surface area contributed by atoms with Gasteiger partial charge in [0, 0.05) is 13.1 Å². The summed E-state index contributed by atoms with van der Waals surface area (Å²) in [7, 11) is 0. The number of nitrogens with one attached hydrogen (secondary N) is 4. The fraction of sp³-hybridized carbons (Fsp3) is 0.769. The van der Waals surface area contributed by atoms with Crippen LogP contribution in [-0.2, 0) is 28.8 Å². The fourth-order valence-electron chi connectivity index (χ4n) is 5.57. The molecular weight excluding hydrogens is 520 g/mol. The molecule has 0 radical (unpaired) electrons. The number of amides is 6. The van der Waals surface area contributed by atoms with Crippen LogP contribution >= 0.6 is 0 Å². The minimum Gasteiger partial charge on any atom is -0.343 e. The maximum Gasteiger partial charge on any atom is 0.245 e. The number of carbonyl (C=O) groups excluding carboxylic acids is 6. The van der Waals surface area contributed by atoms with E-state index in [-0.39, 0.29) is 12.8 Å². The number of nitrogens with two attached hydrogens (primary N) is 2. The zero-order valence-corrected chi connectivity index (χ0v) is 23.4. The molecule has 3 fully saturated rings. The maximum absolute atomic E-state index is 13.3. The summed E-state index contributed by atoms with van der Waals surface area (Å²) >= 11 is 0. The van der Waals surface area contributed by atoms with Gasteiger partial charge >= 0.3 is 0 Å². The van der Waals surface area contributed by atoms with E-state index in [4.69, 9.17) is 11.5 Å². The van der Waals surface area contributed by atoms with Gasteiger partial charge in [-0.3, -0.25) is 28.8 Å². The van der Waals surface area contributed by atoms with Gasteiger partial charge < -0.3 is 42.5 Å². The lowest BCUT2D eigenvalue weighted by molar-refractivity contribution is -0.144. The molecule has 6 amide bonds. The van der Waals surface area contributed by atoms with E-state index < -0.39 is 71.7 Å². The van der Waals surface area contributed by atoms with Crippen molar-refractivity contribution in [1.29, 1.82) is 0 Å². The molecule has 0 spiro atoms. The monoisotopic (exact) mass is 564 g/mol. The van der Waals surface area contributed by atoms with Gasteiger partial charge in [-0.1, -0.05) is 0 Å². The maximum atomic E-state index is 13.3. The molecule has 3 aliphatic rings. The molecule has 224 valence electrons. The molecule has 6 atom stereocenters. The van der Waals surface area contributed by atoms with Crippen molar-refractivity contribution in [2.45, 2.75) is 101 Å². The average Bonchev–Trinajstić information content (AvgIpc) is 3.62. The molecule has 14 heteroatoms. The van der Waals surface area contributed by atoms with Crippen LogP contribution < -0.4 is 32.7 Å². The van der Waals surface area contributed by atoms with Crippen LogP contribution in [0.25, 0.3) is 0 Å². The van der Waals surface area contributed by atoms with Crippen molar-refractivity contribution in [3.8, 4) is 0 Å². The molecule has 0 aromatic rings. The molecule has 14 nitrogen and oxygen atoms in total. The summed E-state index contributed by atoms with van der Waals surface area (Å²) in [5.74, 6) is -2.89. The number of fused-ring (bicyclic) bond motifs is 2. The minimum absolute atomic E-state index is 0.251. The van der Waals surface area contributed by atoms with E-state index in [2.05, 4.69) is 21.3 Å². The van der Waals surface area contributed by atoms with Crippen LogP contribution in [0, 0.1) is 0 Å². The topological polar surface area (TPSA) is 209 Å². The Labute approximate surface area is 234 Å². The highest BCUT2D eigenvalue weighted by Gasteiger charge is 2.41. The highest BCUT2D eigenvalue weighted by Crippen LogP contribution is 2.21. The van der Waals surface area contributed by atoms with Crippen LogP contribution in [0.1, 0.15) is 65.2 Å². The van der Waals surface area contributed by atoms with Crippen LogP contribution in [0.3, 0.4) is 0 Å². The Morgan fingerprint density at radius 1 is 0.625 bits per heavy atom. The summed E-state index contributed by atoms with van der Waals surface area (Å²) in [5, 5.41) is 10.9. The molecule has 0 bridgehead atoms. The molecule has 40 heavy (non-hydrogen) atoms. The largest absolute Gasteiger partial charge is 0.343 e. The number of carbonyl (C=O) groups is 6. The van der Waals surface area contributed by atoms with Crippen LogP contribution in [0.2, 0.25) is 0 Å². The van der Waals surface area contributed by atoms with Gasteiger partial charge in [0.05, 0.1) is 0 Å². The zero-order chi connectivity index (χ0) is 29.4. The van der Waals surface area contributed by atoms with Crippen molar-refractivity contribution in [3.05, 3.63) is 0 Å². The van der Waals surface area contributed by atoms with E-state index in [0.29, 0.717) is 64.7 Å². The Morgan fingerprint density at radius 3 is 1.35 bits per heavy atom. The highest BCUT2D eigenvalue weighted by atomic mass is 16.2. The third-order valence-electron chi connectivity index (χ3n) is 7.80. The third-order valence-corrected chi connectivity index (χ3v) is 7.80. The Bertz CT molecular complexity index is 901. The summed E-state index contributed by atoms with van der Waals surface area (Å²) < 4.78 is 0. The van der Waals surface area contributed by atoms with Crippen molar-refractivity contribution in [1.82, 2.24) is 31.1 Å². The summed E-state index contributed by atoms with van der Waals surface area (Å²) in [6, 6.07) is -5.45. The van der Waals surface area contributed by atoms with Crippen LogP contribution in [-0.4, -0.2) is 108 Å². The number of hydrogen-bond donors (Lipinski definition) is 6. The van der Waals surface area contributed by atoms with Gasteiger partial charge in [-0.2, -0.15) is 0 Å². The molecule has 8 N–H and O–H groups in total. The lowest BCUT2D eigenvalue weighted by atomic mass is 10.1. The van der Waals surface area contributed by atoms with Gasteiger partial charge in [0.15, 0.2) is 0 Å². The Kier molecular flexibility index (Phi) is 11.3. The highest BCUT2D eigenvalue weighted by molar-refractivity contribution is 5.98. The van der Waals surface area contributed by atoms with E-state index >= 15 is 0 Å². The van der Waals surface area contributed by atoms with E-state index in [1.807, 2.05) is 0 Å². The minimum atomic E-state index is -0.959. The quantitative estimate of drug-likeness (QED) is 0.202.